The first-order valence-electron chi connectivity index (χ1n) is 5.78. The zero-order valence-corrected chi connectivity index (χ0v) is 10.3. The van der Waals surface area contributed by atoms with Gasteiger partial charge in [0.25, 0.3) is 0 Å². The number of rotatable bonds is 7. The lowest BCUT2D eigenvalue weighted by atomic mass is 10.3. The van der Waals surface area contributed by atoms with Crippen molar-refractivity contribution in [2.45, 2.75) is 6.54 Å². The average Bonchev–Trinajstić information content (AvgIpc) is 2.84. The molecular formula is C13H16N2O3. The van der Waals surface area contributed by atoms with Gasteiger partial charge in [0.1, 0.15) is 25.2 Å². The molecule has 0 saturated heterocycles. The fourth-order valence-corrected chi connectivity index (χ4v) is 1.42. The molecule has 1 N–H and O–H groups in total. The molecule has 0 aliphatic rings. The minimum absolute atomic E-state index is 0.275. The second-order valence-electron chi connectivity index (χ2n) is 3.65. The number of para-hydroxylation sites is 1. The van der Waals surface area contributed by atoms with E-state index in [0.717, 1.165) is 11.4 Å². The molecule has 5 heteroatoms. The third kappa shape index (κ3) is 3.78. The molecule has 2 aromatic rings. The number of nitrogens with zero attached hydrogens (tertiary/aromatic N) is 1. The summed E-state index contributed by atoms with van der Waals surface area (Å²) in [4.78, 5) is 4.14. The summed E-state index contributed by atoms with van der Waals surface area (Å²) in [7, 11) is 1.85. The van der Waals surface area contributed by atoms with Crippen LogP contribution in [0.3, 0.4) is 0 Å². The van der Waals surface area contributed by atoms with Gasteiger partial charge >= 0.3 is 6.08 Å². The maximum absolute atomic E-state index is 5.48. The topological polar surface area (TPSA) is 56.5 Å². The second-order valence-corrected chi connectivity index (χ2v) is 3.65. The Kier molecular flexibility index (Phi) is 4.60. The Labute approximate surface area is 106 Å². The van der Waals surface area contributed by atoms with E-state index in [1.54, 1.807) is 6.26 Å². The van der Waals surface area contributed by atoms with Gasteiger partial charge in [-0.25, -0.2) is 0 Å². The smallest absolute Gasteiger partial charge is 0.393 e. The number of ether oxygens (including phenoxy) is 2. The van der Waals surface area contributed by atoms with Crippen LogP contribution in [0.1, 0.15) is 5.69 Å². The van der Waals surface area contributed by atoms with Gasteiger partial charge in [-0.05, 0) is 19.2 Å². The molecule has 0 saturated carbocycles. The van der Waals surface area contributed by atoms with Crippen LogP contribution < -0.4 is 14.8 Å². The van der Waals surface area contributed by atoms with Crippen LogP contribution in [-0.2, 0) is 6.54 Å². The van der Waals surface area contributed by atoms with E-state index in [2.05, 4.69) is 10.3 Å². The lowest BCUT2D eigenvalue weighted by Crippen LogP contribution is -2.09. The van der Waals surface area contributed by atoms with Crippen LogP contribution in [0.4, 0.5) is 0 Å². The Morgan fingerprint density at radius 2 is 1.94 bits per heavy atom. The number of benzene rings is 1. The molecule has 1 aromatic heterocycles. The molecule has 0 aliphatic carbocycles. The van der Waals surface area contributed by atoms with Gasteiger partial charge in [0.05, 0.1) is 5.69 Å². The van der Waals surface area contributed by atoms with Gasteiger partial charge in [-0.2, -0.15) is 4.98 Å². The molecule has 0 radical (unpaired) electrons. The van der Waals surface area contributed by atoms with Crippen LogP contribution in [0.5, 0.6) is 11.8 Å². The largest absolute Gasteiger partial charge is 0.490 e. The fourth-order valence-electron chi connectivity index (χ4n) is 1.42. The van der Waals surface area contributed by atoms with Crippen molar-refractivity contribution in [2.24, 2.45) is 0 Å². The van der Waals surface area contributed by atoms with Gasteiger partial charge in [0.15, 0.2) is 0 Å². The monoisotopic (exact) mass is 248 g/mol. The minimum atomic E-state index is 0.275. The number of nitrogens with one attached hydrogen (secondary N) is 1. The first-order chi connectivity index (χ1) is 8.88. The van der Waals surface area contributed by atoms with E-state index in [1.807, 2.05) is 37.4 Å². The molecule has 1 aromatic carbocycles. The highest BCUT2D eigenvalue weighted by Crippen LogP contribution is 2.11. The van der Waals surface area contributed by atoms with Crippen LogP contribution in [0.2, 0.25) is 0 Å². The SMILES string of the molecule is CNCc1coc(OCCOc2ccccc2)n1. The highest BCUT2D eigenvalue weighted by Gasteiger charge is 2.03. The predicted molar refractivity (Wildman–Crippen MR) is 66.7 cm³/mol. The lowest BCUT2D eigenvalue weighted by molar-refractivity contribution is 0.176. The quantitative estimate of drug-likeness (QED) is 0.758. The second kappa shape index (κ2) is 6.66. The van der Waals surface area contributed by atoms with Crippen molar-refractivity contribution in [3.63, 3.8) is 0 Å². The highest BCUT2D eigenvalue weighted by atomic mass is 16.6. The molecule has 1 heterocycles. The Morgan fingerprint density at radius 3 is 2.72 bits per heavy atom. The molecule has 0 spiro atoms. The van der Waals surface area contributed by atoms with Crippen molar-refractivity contribution in [3.8, 4) is 11.8 Å². The molecule has 2 rings (SSSR count). The van der Waals surface area contributed by atoms with Crippen molar-refractivity contribution in [3.05, 3.63) is 42.3 Å². The van der Waals surface area contributed by atoms with E-state index in [-0.39, 0.29) is 6.08 Å². The van der Waals surface area contributed by atoms with Gasteiger partial charge in [0.2, 0.25) is 0 Å². The zero-order chi connectivity index (χ0) is 12.6. The van der Waals surface area contributed by atoms with Crippen molar-refractivity contribution < 1.29 is 13.9 Å². The number of oxazole rings is 1. The summed E-state index contributed by atoms with van der Waals surface area (Å²) in [6, 6.07) is 9.59. The van der Waals surface area contributed by atoms with Gasteiger partial charge in [-0.3, -0.25) is 0 Å². The summed E-state index contributed by atoms with van der Waals surface area (Å²) < 4.78 is 15.9. The molecule has 96 valence electrons. The molecule has 18 heavy (non-hydrogen) atoms. The average molecular weight is 248 g/mol. The maximum atomic E-state index is 5.48. The Balaban J connectivity index is 1.68. The van der Waals surface area contributed by atoms with Crippen molar-refractivity contribution in [1.29, 1.82) is 0 Å². The van der Waals surface area contributed by atoms with Crippen LogP contribution in [-0.4, -0.2) is 25.2 Å². The van der Waals surface area contributed by atoms with E-state index in [4.69, 9.17) is 13.9 Å². The minimum Gasteiger partial charge on any atom is -0.490 e. The summed E-state index contributed by atoms with van der Waals surface area (Å²) >= 11 is 0. The third-order valence-electron chi connectivity index (χ3n) is 2.21. The lowest BCUT2D eigenvalue weighted by Gasteiger charge is -2.05. The van der Waals surface area contributed by atoms with Crippen molar-refractivity contribution in [1.82, 2.24) is 10.3 Å². The van der Waals surface area contributed by atoms with E-state index in [9.17, 15) is 0 Å². The molecule has 0 aliphatic heterocycles. The summed E-state index contributed by atoms with van der Waals surface area (Å²) in [6.07, 6.45) is 1.85. The highest BCUT2D eigenvalue weighted by molar-refractivity contribution is 5.20. The summed E-state index contributed by atoms with van der Waals surface area (Å²) in [5.41, 5.74) is 0.816. The first kappa shape index (κ1) is 12.4. The summed E-state index contributed by atoms with van der Waals surface area (Å²) in [6.45, 7) is 1.51. The zero-order valence-electron chi connectivity index (χ0n) is 10.3. The van der Waals surface area contributed by atoms with Gasteiger partial charge in [0, 0.05) is 6.54 Å². The molecule has 0 bridgehead atoms. The van der Waals surface area contributed by atoms with E-state index in [0.29, 0.717) is 19.8 Å². The van der Waals surface area contributed by atoms with Crippen molar-refractivity contribution in [2.75, 3.05) is 20.3 Å². The van der Waals surface area contributed by atoms with Crippen LogP contribution >= 0.6 is 0 Å². The molecule has 0 unspecified atom stereocenters. The van der Waals surface area contributed by atoms with Crippen molar-refractivity contribution >= 4 is 0 Å². The van der Waals surface area contributed by atoms with Crippen LogP contribution in [0, 0.1) is 0 Å². The van der Waals surface area contributed by atoms with Crippen LogP contribution in [0.25, 0.3) is 0 Å². The fraction of sp³-hybridized carbons (Fsp3) is 0.308. The van der Waals surface area contributed by atoms with Gasteiger partial charge in [-0.15, -0.1) is 0 Å². The molecule has 0 amide bonds. The maximum Gasteiger partial charge on any atom is 0.393 e. The Bertz CT molecular complexity index is 456. The van der Waals surface area contributed by atoms with Crippen LogP contribution in [0.15, 0.2) is 41.0 Å². The van der Waals surface area contributed by atoms with Gasteiger partial charge in [-0.1, -0.05) is 18.2 Å². The predicted octanol–water partition coefficient (Wildman–Crippen LogP) is 1.85. The standard InChI is InChI=1S/C13H16N2O3/c1-14-9-11-10-18-13(15-11)17-8-7-16-12-5-3-2-4-6-12/h2-6,10,14H,7-9H2,1H3. The van der Waals surface area contributed by atoms with E-state index < -0.39 is 0 Å². The van der Waals surface area contributed by atoms with E-state index >= 15 is 0 Å². The Morgan fingerprint density at radius 1 is 1.17 bits per heavy atom. The molecule has 5 nitrogen and oxygen atoms in total. The number of hydrogen-bond acceptors (Lipinski definition) is 5. The third-order valence-corrected chi connectivity index (χ3v) is 2.21. The van der Waals surface area contributed by atoms with Gasteiger partial charge < -0.3 is 19.2 Å². The number of hydrogen-bond donors (Lipinski definition) is 1. The normalized spacial score (nSPS) is 10.3. The summed E-state index contributed by atoms with van der Waals surface area (Å²) in [5, 5.41) is 2.98. The molecule has 0 atom stereocenters. The molecular weight excluding hydrogens is 232 g/mol. The summed E-state index contributed by atoms with van der Waals surface area (Å²) in [5.74, 6) is 0.823. The number of aromatic nitrogens is 1. The first-order valence-corrected chi connectivity index (χ1v) is 5.78. The van der Waals surface area contributed by atoms with E-state index in [1.165, 1.54) is 0 Å². The molecule has 0 fully saturated rings. The Hall–Kier alpha value is -2.01.